The third-order valence-corrected chi connectivity index (χ3v) is 3.84. The first-order valence-corrected chi connectivity index (χ1v) is 7.45. The van der Waals surface area contributed by atoms with Gasteiger partial charge in [0, 0.05) is 11.8 Å². The van der Waals surface area contributed by atoms with Crippen molar-refractivity contribution >= 4 is 16.9 Å². The number of carbonyl (C=O) groups excluding carboxylic acids is 1. The van der Waals surface area contributed by atoms with E-state index in [4.69, 9.17) is 13.9 Å². The molecule has 0 aliphatic carbocycles. The largest absolute Gasteiger partial charge is 0.493 e. The van der Waals surface area contributed by atoms with Gasteiger partial charge in [-0.05, 0) is 41.5 Å². The van der Waals surface area contributed by atoms with Crippen molar-refractivity contribution in [1.29, 1.82) is 0 Å². The average Bonchev–Trinajstić information content (AvgIpc) is 3.03. The van der Waals surface area contributed by atoms with E-state index >= 15 is 0 Å². The molecular formula is C19H18O4. The molecule has 0 atom stereocenters. The Hall–Kier alpha value is -2.75. The number of hydrogen-bond acceptors (Lipinski definition) is 4. The van der Waals surface area contributed by atoms with E-state index in [1.165, 1.54) is 7.11 Å². The second-order valence-electron chi connectivity index (χ2n) is 5.23. The van der Waals surface area contributed by atoms with Crippen molar-refractivity contribution in [2.75, 3.05) is 14.2 Å². The van der Waals surface area contributed by atoms with E-state index in [0.717, 1.165) is 34.3 Å². The van der Waals surface area contributed by atoms with E-state index < -0.39 is 0 Å². The van der Waals surface area contributed by atoms with Crippen LogP contribution < -0.4 is 4.74 Å². The van der Waals surface area contributed by atoms with Crippen molar-refractivity contribution in [2.45, 2.75) is 13.3 Å². The third kappa shape index (κ3) is 2.80. The average molecular weight is 310 g/mol. The third-order valence-electron chi connectivity index (χ3n) is 3.84. The highest BCUT2D eigenvalue weighted by Crippen LogP contribution is 2.34. The lowest BCUT2D eigenvalue weighted by Crippen LogP contribution is -2.00. The number of methoxy groups -OCH3 is 2. The zero-order valence-corrected chi connectivity index (χ0v) is 13.4. The maximum absolute atomic E-state index is 11.5. The van der Waals surface area contributed by atoms with Gasteiger partial charge in [0.15, 0.2) is 11.3 Å². The van der Waals surface area contributed by atoms with Gasteiger partial charge in [-0.3, -0.25) is 0 Å². The van der Waals surface area contributed by atoms with Gasteiger partial charge in [-0.25, -0.2) is 4.79 Å². The Morgan fingerprint density at radius 1 is 1.04 bits per heavy atom. The molecule has 4 nitrogen and oxygen atoms in total. The van der Waals surface area contributed by atoms with Crippen LogP contribution in [0.3, 0.4) is 0 Å². The zero-order valence-electron chi connectivity index (χ0n) is 13.4. The summed E-state index contributed by atoms with van der Waals surface area (Å²) in [6, 6.07) is 13.3. The molecule has 118 valence electrons. The molecule has 0 saturated heterocycles. The Kier molecular flexibility index (Phi) is 4.06. The van der Waals surface area contributed by atoms with Crippen molar-refractivity contribution in [1.82, 2.24) is 0 Å². The van der Waals surface area contributed by atoms with Gasteiger partial charge in [0.1, 0.15) is 5.76 Å². The van der Waals surface area contributed by atoms with E-state index in [1.807, 2.05) is 24.3 Å². The molecule has 2 aromatic carbocycles. The summed E-state index contributed by atoms with van der Waals surface area (Å²) in [6.07, 6.45) is 0.834. The smallest absolute Gasteiger partial charge is 0.337 e. The van der Waals surface area contributed by atoms with Gasteiger partial charge in [0.05, 0.1) is 19.8 Å². The minimum Gasteiger partial charge on any atom is -0.493 e. The number of benzene rings is 2. The maximum Gasteiger partial charge on any atom is 0.337 e. The summed E-state index contributed by atoms with van der Waals surface area (Å²) in [5.74, 6) is 1.29. The van der Waals surface area contributed by atoms with Gasteiger partial charge >= 0.3 is 5.97 Å². The molecule has 4 heteroatoms. The van der Waals surface area contributed by atoms with Crippen LogP contribution in [0.1, 0.15) is 23.0 Å². The summed E-state index contributed by atoms with van der Waals surface area (Å²) in [5.41, 5.74) is 3.30. The Morgan fingerprint density at radius 3 is 2.39 bits per heavy atom. The van der Waals surface area contributed by atoms with Crippen molar-refractivity contribution < 1.29 is 18.7 Å². The first-order chi connectivity index (χ1) is 11.2. The van der Waals surface area contributed by atoms with Crippen LogP contribution in [0.4, 0.5) is 0 Å². The second-order valence-corrected chi connectivity index (χ2v) is 5.23. The summed E-state index contributed by atoms with van der Waals surface area (Å²) in [5, 5.41) is 1.01. The number of carbonyl (C=O) groups is 1. The summed E-state index contributed by atoms with van der Waals surface area (Å²) >= 11 is 0. The summed E-state index contributed by atoms with van der Waals surface area (Å²) in [7, 11) is 3.01. The van der Waals surface area contributed by atoms with E-state index in [9.17, 15) is 4.79 Å². The molecule has 0 radical (unpaired) electrons. The highest BCUT2D eigenvalue weighted by atomic mass is 16.5. The molecule has 23 heavy (non-hydrogen) atoms. The molecule has 0 unspecified atom stereocenters. The van der Waals surface area contributed by atoms with E-state index in [-0.39, 0.29) is 5.97 Å². The van der Waals surface area contributed by atoms with Crippen LogP contribution in [0.15, 0.2) is 46.9 Å². The van der Waals surface area contributed by atoms with Gasteiger partial charge < -0.3 is 13.9 Å². The highest BCUT2D eigenvalue weighted by molar-refractivity contribution is 5.91. The standard InChI is InChI=1S/C19H18O4/c1-4-16-10-15-9-14(11-17(21-2)18(15)23-16)12-5-7-13(8-6-12)19(20)22-3/h5-11H,4H2,1-3H3. The zero-order chi connectivity index (χ0) is 16.4. The Bertz CT molecular complexity index is 844. The lowest BCUT2D eigenvalue weighted by atomic mass is 10.0. The molecule has 1 heterocycles. The monoisotopic (exact) mass is 310 g/mol. The quantitative estimate of drug-likeness (QED) is 0.668. The maximum atomic E-state index is 11.5. The number of ether oxygens (including phenoxy) is 2. The van der Waals surface area contributed by atoms with Crippen LogP contribution in [0.5, 0.6) is 5.75 Å². The first-order valence-electron chi connectivity index (χ1n) is 7.45. The predicted molar refractivity (Wildman–Crippen MR) is 88.9 cm³/mol. The number of rotatable bonds is 4. The Balaban J connectivity index is 2.07. The van der Waals surface area contributed by atoms with Crippen LogP contribution in [-0.2, 0) is 11.2 Å². The molecule has 1 aromatic heterocycles. The normalized spacial score (nSPS) is 10.7. The molecule has 0 saturated carbocycles. The Labute approximate surface area is 134 Å². The van der Waals surface area contributed by atoms with Gasteiger partial charge in [-0.15, -0.1) is 0 Å². The van der Waals surface area contributed by atoms with Crippen LogP contribution >= 0.6 is 0 Å². The summed E-state index contributed by atoms with van der Waals surface area (Å²) < 4.78 is 16.0. The van der Waals surface area contributed by atoms with Gasteiger partial charge in [0.25, 0.3) is 0 Å². The van der Waals surface area contributed by atoms with E-state index in [0.29, 0.717) is 11.3 Å². The number of furan rings is 1. The van der Waals surface area contributed by atoms with Gasteiger partial charge in [-0.2, -0.15) is 0 Å². The van der Waals surface area contributed by atoms with E-state index in [2.05, 4.69) is 13.0 Å². The number of hydrogen-bond donors (Lipinski definition) is 0. The lowest BCUT2D eigenvalue weighted by Gasteiger charge is -2.07. The topological polar surface area (TPSA) is 48.7 Å². The summed E-state index contributed by atoms with van der Waals surface area (Å²) in [4.78, 5) is 11.5. The molecule has 0 bridgehead atoms. The molecule has 0 aliphatic rings. The highest BCUT2D eigenvalue weighted by Gasteiger charge is 2.12. The van der Waals surface area contributed by atoms with Crippen LogP contribution in [-0.4, -0.2) is 20.2 Å². The molecule has 0 spiro atoms. The minimum absolute atomic E-state index is 0.341. The minimum atomic E-state index is -0.341. The number of aryl methyl sites for hydroxylation is 1. The molecule has 3 aromatic rings. The van der Waals surface area contributed by atoms with Crippen molar-refractivity contribution in [3.05, 3.63) is 53.8 Å². The van der Waals surface area contributed by atoms with Crippen LogP contribution in [0.2, 0.25) is 0 Å². The molecule has 0 amide bonds. The van der Waals surface area contributed by atoms with Crippen LogP contribution in [0.25, 0.3) is 22.1 Å². The van der Waals surface area contributed by atoms with Crippen molar-refractivity contribution in [3.63, 3.8) is 0 Å². The van der Waals surface area contributed by atoms with E-state index in [1.54, 1.807) is 19.2 Å². The SMILES string of the molecule is CCc1cc2cc(-c3ccc(C(=O)OC)cc3)cc(OC)c2o1. The lowest BCUT2D eigenvalue weighted by molar-refractivity contribution is 0.0601. The first kappa shape index (κ1) is 15.2. The fourth-order valence-electron chi connectivity index (χ4n) is 2.58. The molecule has 0 N–H and O–H groups in total. The van der Waals surface area contributed by atoms with Gasteiger partial charge in [-0.1, -0.05) is 19.1 Å². The predicted octanol–water partition coefficient (Wildman–Crippen LogP) is 4.46. The molecule has 3 rings (SSSR count). The number of fused-ring (bicyclic) bond motifs is 1. The van der Waals surface area contributed by atoms with Crippen LogP contribution in [0, 0.1) is 0 Å². The molecule has 0 fully saturated rings. The summed E-state index contributed by atoms with van der Waals surface area (Å²) in [6.45, 7) is 2.05. The Morgan fingerprint density at radius 2 is 1.78 bits per heavy atom. The van der Waals surface area contributed by atoms with Crippen molar-refractivity contribution in [2.24, 2.45) is 0 Å². The fourth-order valence-corrected chi connectivity index (χ4v) is 2.58. The molecular weight excluding hydrogens is 292 g/mol. The number of esters is 1. The second kappa shape index (κ2) is 6.16. The van der Waals surface area contributed by atoms with Gasteiger partial charge in [0.2, 0.25) is 0 Å². The fraction of sp³-hybridized carbons (Fsp3) is 0.211. The van der Waals surface area contributed by atoms with Crippen molar-refractivity contribution in [3.8, 4) is 16.9 Å². The molecule has 0 aliphatic heterocycles.